The van der Waals surface area contributed by atoms with Crippen molar-refractivity contribution in [3.8, 4) is 0 Å². The molecule has 0 aromatic carbocycles. The molecule has 12 heavy (non-hydrogen) atoms. The maximum atomic E-state index is 11.1. The lowest BCUT2D eigenvalue weighted by atomic mass is 9.73. The Morgan fingerprint density at radius 2 is 2.17 bits per heavy atom. The van der Waals surface area contributed by atoms with Crippen LogP contribution in [0.2, 0.25) is 0 Å². The summed E-state index contributed by atoms with van der Waals surface area (Å²) in [5.41, 5.74) is -0.375. The highest BCUT2D eigenvalue weighted by molar-refractivity contribution is 6.64. The van der Waals surface area contributed by atoms with E-state index in [4.69, 9.17) is 23.2 Å². The largest absolute Gasteiger partial charge is 0.281 e. The lowest BCUT2D eigenvalue weighted by Crippen LogP contribution is -2.35. The lowest BCUT2D eigenvalue weighted by molar-refractivity contribution is -0.121. The van der Waals surface area contributed by atoms with Crippen LogP contribution in [0.15, 0.2) is 0 Å². The molecule has 70 valence electrons. The van der Waals surface area contributed by atoms with Gasteiger partial charge in [-0.2, -0.15) is 0 Å². The number of carbonyl (C=O) groups is 1. The van der Waals surface area contributed by atoms with Crippen molar-refractivity contribution in [3.63, 3.8) is 0 Å². The Morgan fingerprint density at radius 3 is 2.58 bits per heavy atom. The van der Waals surface area contributed by atoms with E-state index in [1.165, 1.54) is 0 Å². The molecule has 1 aliphatic carbocycles. The van der Waals surface area contributed by atoms with E-state index in [0.29, 0.717) is 5.92 Å². The van der Waals surface area contributed by atoms with Crippen molar-refractivity contribution in [1.82, 2.24) is 0 Å². The molecule has 0 aromatic heterocycles. The second kappa shape index (κ2) is 3.55. The monoisotopic (exact) mass is 208 g/mol. The van der Waals surface area contributed by atoms with E-state index in [-0.39, 0.29) is 16.0 Å². The van der Waals surface area contributed by atoms with Crippen LogP contribution in [-0.4, -0.2) is 10.6 Å². The van der Waals surface area contributed by atoms with Gasteiger partial charge in [-0.15, -0.1) is 11.6 Å². The van der Waals surface area contributed by atoms with E-state index in [0.717, 1.165) is 19.3 Å². The van der Waals surface area contributed by atoms with E-state index in [1.807, 2.05) is 6.92 Å². The van der Waals surface area contributed by atoms with Gasteiger partial charge in [-0.05, 0) is 36.8 Å². The van der Waals surface area contributed by atoms with Gasteiger partial charge in [0, 0.05) is 10.8 Å². The highest BCUT2D eigenvalue weighted by Gasteiger charge is 2.39. The van der Waals surface area contributed by atoms with Crippen LogP contribution in [0.25, 0.3) is 0 Å². The highest BCUT2D eigenvalue weighted by atomic mass is 35.5. The first-order chi connectivity index (χ1) is 5.46. The molecule has 0 N–H and O–H groups in total. The molecular weight excluding hydrogens is 195 g/mol. The third-order valence-electron chi connectivity index (χ3n) is 2.89. The average Bonchev–Trinajstić information content (AvgIpc) is 1.97. The van der Waals surface area contributed by atoms with Gasteiger partial charge in [-0.1, -0.05) is 13.8 Å². The van der Waals surface area contributed by atoms with Crippen LogP contribution >= 0.6 is 23.2 Å². The average molecular weight is 209 g/mol. The molecule has 1 fully saturated rings. The van der Waals surface area contributed by atoms with Crippen LogP contribution in [0.5, 0.6) is 0 Å². The van der Waals surface area contributed by atoms with E-state index in [1.54, 1.807) is 0 Å². The molecule has 0 amide bonds. The molecule has 1 aliphatic rings. The molecule has 0 bridgehead atoms. The summed E-state index contributed by atoms with van der Waals surface area (Å²) in [7, 11) is 0. The Balaban J connectivity index is 2.66. The summed E-state index contributed by atoms with van der Waals surface area (Å²) in [6.07, 6.45) is 2.60. The number of halogens is 2. The van der Waals surface area contributed by atoms with Crippen LogP contribution in [0.1, 0.15) is 33.1 Å². The fourth-order valence-electron chi connectivity index (χ4n) is 1.64. The van der Waals surface area contributed by atoms with Gasteiger partial charge in [0.1, 0.15) is 0 Å². The van der Waals surface area contributed by atoms with Crippen LogP contribution in [0.3, 0.4) is 0 Å². The van der Waals surface area contributed by atoms with Crippen molar-refractivity contribution < 1.29 is 4.79 Å². The van der Waals surface area contributed by atoms with E-state index < -0.39 is 0 Å². The van der Waals surface area contributed by atoms with Crippen molar-refractivity contribution in [2.75, 3.05) is 0 Å². The van der Waals surface area contributed by atoms with Gasteiger partial charge in [0.2, 0.25) is 5.24 Å². The van der Waals surface area contributed by atoms with Crippen molar-refractivity contribution in [1.29, 1.82) is 0 Å². The zero-order valence-corrected chi connectivity index (χ0v) is 8.95. The number of carbonyl (C=O) groups excluding carboxylic acids is 1. The van der Waals surface area contributed by atoms with Crippen molar-refractivity contribution in [2.24, 2.45) is 11.3 Å². The molecule has 0 spiro atoms. The fourth-order valence-corrected chi connectivity index (χ4v) is 2.28. The molecule has 0 saturated heterocycles. The Kier molecular flexibility index (Phi) is 3.06. The normalized spacial score (nSPS) is 42.7. The van der Waals surface area contributed by atoms with Crippen LogP contribution < -0.4 is 0 Å². The summed E-state index contributed by atoms with van der Waals surface area (Å²) in [6, 6.07) is 0. The van der Waals surface area contributed by atoms with Gasteiger partial charge in [-0.25, -0.2) is 0 Å². The summed E-state index contributed by atoms with van der Waals surface area (Å²) in [5, 5.41) is -0.133. The lowest BCUT2D eigenvalue weighted by Gasteiger charge is -2.36. The van der Waals surface area contributed by atoms with Crippen molar-refractivity contribution in [3.05, 3.63) is 0 Å². The van der Waals surface area contributed by atoms with Gasteiger partial charge >= 0.3 is 0 Å². The van der Waals surface area contributed by atoms with Crippen LogP contribution in [-0.2, 0) is 4.79 Å². The van der Waals surface area contributed by atoms with Crippen molar-refractivity contribution in [2.45, 2.75) is 38.5 Å². The Labute approximate surface area is 83.4 Å². The van der Waals surface area contributed by atoms with E-state index in [9.17, 15) is 4.79 Å². The predicted molar refractivity (Wildman–Crippen MR) is 51.6 cm³/mol. The van der Waals surface area contributed by atoms with Gasteiger partial charge < -0.3 is 0 Å². The summed E-state index contributed by atoms with van der Waals surface area (Å²) in [5.74, 6) is 0.510. The Bertz CT molecular complexity index is 193. The second-order valence-electron chi connectivity index (χ2n) is 4.07. The molecule has 1 rings (SSSR count). The topological polar surface area (TPSA) is 17.1 Å². The van der Waals surface area contributed by atoms with Crippen LogP contribution in [0, 0.1) is 11.3 Å². The summed E-state index contributed by atoms with van der Waals surface area (Å²) in [6.45, 7) is 4.03. The fraction of sp³-hybridized carbons (Fsp3) is 0.889. The third kappa shape index (κ3) is 1.94. The number of alkyl halides is 1. The molecule has 0 aliphatic heterocycles. The molecule has 1 saturated carbocycles. The molecule has 0 aromatic rings. The minimum atomic E-state index is -0.375. The van der Waals surface area contributed by atoms with Gasteiger partial charge in [-0.3, -0.25) is 4.79 Å². The zero-order chi connectivity index (χ0) is 9.35. The summed E-state index contributed by atoms with van der Waals surface area (Å²) < 4.78 is 0. The standard InChI is InChI=1S/C9H14Cl2O/c1-6-3-4-9(2,8(11)12)5-7(6)10/h6-7H,3-5H2,1-2H3. The quantitative estimate of drug-likeness (QED) is 0.478. The van der Waals surface area contributed by atoms with E-state index in [2.05, 4.69) is 6.92 Å². The Hall–Kier alpha value is 0.250. The predicted octanol–water partition coefficient (Wildman–Crippen LogP) is 3.19. The number of hydrogen-bond donors (Lipinski definition) is 0. The first kappa shape index (κ1) is 10.3. The zero-order valence-electron chi connectivity index (χ0n) is 7.44. The van der Waals surface area contributed by atoms with Crippen LogP contribution in [0.4, 0.5) is 0 Å². The second-order valence-corrected chi connectivity index (χ2v) is 4.97. The Morgan fingerprint density at radius 1 is 1.58 bits per heavy atom. The molecular formula is C9H14Cl2O. The first-order valence-corrected chi connectivity index (χ1v) is 5.11. The minimum Gasteiger partial charge on any atom is -0.281 e. The van der Waals surface area contributed by atoms with Gasteiger partial charge in [0.25, 0.3) is 0 Å². The molecule has 3 heteroatoms. The smallest absolute Gasteiger partial charge is 0.227 e. The highest BCUT2D eigenvalue weighted by Crippen LogP contribution is 2.42. The molecule has 1 nitrogen and oxygen atoms in total. The first-order valence-electron chi connectivity index (χ1n) is 4.30. The van der Waals surface area contributed by atoms with Gasteiger partial charge in [0.15, 0.2) is 0 Å². The SMILES string of the molecule is CC1CCC(C)(C(=O)Cl)CC1Cl. The third-order valence-corrected chi connectivity index (χ3v) is 3.93. The molecule has 0 heterocycles. The molecule has 3 unspecified atom stereocenters. The summed E-state index contributed by atoms with van der Waals surface area (Å²) >= 11 is 11.6. The minimum absolute atomic E-state index is 0.103. The van der Waals surface area contributed by atoms with Gasteiger partial charge in [0.05, 0.1) is 0 Å². The summed E-state index contributed by atoms with van der Waals surface area (Å²) in [4.78, 5) is 11.1. The number of hydrogen-bond acceptors (Lipinski definition) is 1. The molecule has 3 atom stereocenters. The van der Waals surface area contributed by atoms with Crippen molar-refractivity contribution >= 4 is 28.4 Å². The van der Waals surface area contributed by atoms with E-state index >= 15 is 0 Å². The maximum Gasteiger partial charge on any atom is 0.227 e. The maximum absolute atomic E-state index is 11.1. The number of rotatable bonds is 1. The molecule has 0 radical (unpaired) electrons.